The minimum Gasteiger partial charge on any atom is -0.494 e. The van der Waals surface area contributed by atoms with Crippen LogP contribution in [0.5, 0.6) is 5.75 Å². The Kier molecular flexibility index (Phi) is 5.54. The second-order valence-electron chi connectivity index (χ2n) is 4.83. The molecule has 1 rings (SSSR count). The zero-order chi connectivity index (χ0) is 13.7. The van der Waals surface area contributed by atoms with E-state index in [0.29, 0.717) is 12.1 Å². The molecule has 2 N–H and O–H groups in total. The molecular weight excluding hydrogens is 236 g/mol. The van der Waals surface area contributed by atoms with Crippen molar-refractivity contribution in [3.63, 3.8) is 0 Å². The summed E-state index contributed by atoms with van der Waals surface area (Å²) < 4.78 is 32.4. The molecule has 0 bridgehead atoms. The van der Waals surface area contributed by atoms with Crippen LogP contribution in [0.3, 0.4) is 0 Å². The Morgan fingerprint density at radius 2 is 2.00 bits per heavy atom. The molecule has 0 aliphatic carbocycles. The Balaban J connectivity index is 2.75. The molecule has 0 aliphatic heterocycles. The molecule has 0 fully saturated rings. The zero-order valence-corrected chi connectivity index (χ0v) is 11.1. The van der Waals surface area contributed by atoms with E-state index in [-0.39, 0.29) is 24.0 Å². The average molecular weight is 257 g/mol. The minimum absolute atomic E-state index is 0.174. The van der Waals surface area contributed by atoms with Gasteiger partial charge < -0.3 is 10.5 Å². The maximum Gasteiger partial charge on any atom is 0.165 e. The number of alkyl halides is 1. The van der Waals surface area contributed by atoms with Crippen LogP contribution in [-0.4, -0.2) is 19.8 Å². The molecule has 0 radical (unpaired) electrons. The van der Waals surface area contributed by atoms with Crippen LogP contribution < -0.4 is 10.5 Å². The lowest BCUT2D eigenvalue weighted by atomic mass is 9.88. The Labute approximate surface area is 107 Å². The molecule has 102 valence electrons. The van der Waals surface area contributed by atoms with E-state index in [2.05, 4.69) is 0 Å². The predicted molar refractivity (Wildman–Crippen MR) is 68.9 cm³/mol. The number of ether oxygens (including phenoxy) is 1. The lowest BCUT2D eigenvalue weighted by molar-refractivity contribution is 0.185. The third-order valence-electron chi connectivity index (χ3n) is 3.24. The smallest absolute Gasteiger partial charge is 0.165 e. The van der Waals surface area contributed by atoms with Gasteiger partial charge in [0.15, 0.2) is 11.6 Å². The van der Waals surface area contributed by atoms with Crippen LogP contribution in [0.25, 0.3) is 0 Å². The van der Waals surface area contributed by atoms with Crippen LogP contribution in [-0.2, 0) is 6.42 Å². The number of hydrogen-bond acceptors (Lipinski definition) is 2. The third kappa shape index (κ3) is 3.67. The molecule has 2 unspecified atom stereocenters. The molecule has 4 heteroatoms. The molecule has 0 saturated heterocycles. The highest BCUT2D eigenvalue weighted by Crippen LogP contribution is 2.23. The minimum atomic E-state index is -1.05. The fraction of sp³-hybridized carbons (Fsp3) is 0.571. The molecule has 0 aliphatic rings. The van der Waals surface area contributed by atoms with Crippen molar-refractivity contribution in [2.24, 2.45) is 17.6 Å². The van der Waals surface area contributed by atoms with Gasteiger partial charge in [0, 0.05) is 12.3 Å². The zero-order valence-electron chi connectivity index (χ0n) is 11.1. The van der Waals surface area contributed by atoms with Crippen LogP contribution in [0, 0.1) is 17.7 Å². The summed E-state index contributed by atoms with van der Waals surface area (Å²) in [7, 11) is 1.40. The molecule has 0 spiro atoms. The number of nitrogens with two attached hydrogens (primary N) is 1. The van der Waals surface area contributed by atoms with Gasteiger partial charge in [0.2, 0.25) is 0 Å². The van der Waals surface area contributed by atoms with Gasteiger partial charge in [0.25, 0.3) is 0 Å². The van der Waals surface area contributed by atoms with Crippen molar-refractivity contribution >= 4 is 0 Å². The molecule has 0 heterocycles. The van der Waals surface area contributed by atoms with Crippen LogP contribution in [0.2, 0.25) is 0 Å². The normalized spacial score (nSPS) is 14.6. The van der Waals surface area contributed by atoms with Gasteiger partial charge in [-0.1, -0.05) is 19.9 Å². The summed E-state index contributed by atoms with van der Waals surface area (Å²) in [6.45, 7) is 4.19. The van der Waals surface area contributed by atoms with Crippen molar-refractivity contribution < 1.29 is 13.5 Å². The maximum absolute atomic E-state index is 14.1. The Morgan fingerprint density at radius 3 is 2.44 bits per heavy atom. The van der Waals surface area contributed by atoms with Gasteiger partial charge >= 0.3 is 0 Å². The fourth-order valence-corrected chi connectivity index (χ4v) is 2.05. The lowest BCUT2D eigenvalue weighted by Crippen LogP contribution is -2.30. The number of benzene rings is 1. The summed E-state index contributed by atoms with van der Waals surface area (Å²) in [4.78, 5) is 0. The van der Waals surface area contributed by atoms with E-state index in [1.807, 2.05) is 13.8 Å². The summed E-state index contributed by atoms with van der Waals surface area (Å²) in [6.07, 6.45) is -0.871. The molecule has 0 amide bonds. The van der Waals surface area contributed by atoms with E-state index in [4.69, 9.17) is 10.5 Å². The van der Waals surface area contributed by atoms with Crippen molar-refractivity contribution in [2.45, 2.75) is 26.4 Å². The van der Waals surface area contributed by atoms with Gasteiger partial charge in [-0.25, -0.2) is 8.78 Å². The second kappa shape index (κ2) is 6.69. The van der Waals surface area contributed by atoms with Gasteiger partial charge in [0.1, 0.15) is 6.17 Å². The summed E-state index contributed by atoms with van der Waals surface area (Å²) in [5.41, 5.74) is 6.19. The summed E-state index contributed by atoms with van der Waals surface area (Å²) >= 11 is 0. The molecule has 0 saturated carbocycles. The second-order valence-corrected chi connectivity index (χ2v) is 4.83. The van der Waals surface area contributed by atoms with E-state index >= 15 is 0 Å². The molecule has 0 aromatic heterocycles. The highest BCUT2D eigenvalue weighted by Gasteiger charge is 2.23. The standard InChI is InChI=1S/C14H21F2NO/c1-9(2)11(8-17)12(15)6-10-4-5-14(18-3)13(16)7-10/h4-5,7,9,11-12H,6,8,17H2,1-3H3. The Bertz CT molecular complexity index is 382. The first-order valence-electron chi connectivity index (χ1n) is 6.16. The maximum atomic E-state index is 14.1. The van der Waals surface area contributed by atoms with Gasteiger partial charge in [-0.15, -0.1) is 0 Å². The highest BCUT2D eigenvalue weighted by atomic mass is 19.1. The first kappa shape index (κ1) is 14.9. The van der Waals surface area contributed by atoms with Crippen molar-refractivity contribution in [3.05, 3.63) is 29.6 Å². The first-order chi connectivity index (χ1) is 8.49. The Morgan fingerprint density at radius 1 is 1.33 bits per heavy atom. The van der Waals surface area contributed by atoms with E-state index in [1.165, 1.54) is 19.2 Å². The summed E-state index contributed by atoms with van der Waals surface area (Å²) in [6, 6.07) is 4.52. The number of methoxy groups -OCH3 is 1. The van der Waals surface area contributed by atoms with Gasteiger partial charge in [-0.2, -0.15) is 0 Å². The van der Waals surface area contributed by atoms with Gasteiger partial charge in [0.05, 0.1) is 7.11 Å². The predicted octanol–water partition coefficient (Wildman–Crippen LogP) is 2.95. The van der Waals surface area contributed by atoms with E-state index < -0.39 is 12.0 Å². The van der Waals surface area contributed by atoms with Gasteiger partial charge in [-0.3, -0.25) is 0 Å². The van der Waals surface area contributed by atoms with Gasteiger partial charge in [-0.05, 0) is 30.2 Å². The highest BCUT2D eigenvalue weighted by molar-refractivity contribution is 5.29. The van der Waals surface area contributed by atoms with Crippen molar-refractivity contribution in [2.75, 3.05) is 13.7 Å². The van der Waals surface area contributed by atoms with Crippen LogP contribution >= 0.6 is 0 Å². The average Bonchev–Trinajstić information content (AvgIpc) is 2.29. The van der Waals surface area contributed by atoms with Crippen molar-refractivity contribution in [3.8, 4) is 5.75 Å². The van der Waals surface area contributed by atoms with Crippen LogP contribution in [0.4, 0.5) is 8.78 Å². The van der Waals surface area contributed by atoms with Crippen molar-refractivity contribution in [1.82, 2.24) is 0 Å². The first-order valence-corrected chi connectivity index (χ1v) is 6.16. The van der Waals surface area contributed by atoms with Crippen molar-refractivity contribution in [1.29, 1.82) is 0 Å². The molecule has 1 aromatic carbocycles. The van der Waals surface area contributed by atoms with E-state index in [9.17, 15) is 8.78 Å². The topological polar surface area (TPSA) is 35.2 Å². The molecule has 2 nitrogen and oxygen atoms in total. The number of halogens is 2. The number of rotatable bonds is 6. The summed E-state index contributed by atoms with van der Waals surface area (Å²) in [5, 5.41) is 0. The quantitative estimate of drug-likeness (QED) is 0.850. The van der Waals surface area contributed by atoms with E-state index in [1.54, 1.807) is 6.07 Å². The molecule has 18 heavy (non-hydrogen) atoms. The largest absolute Gasteiger partial charge is 0.494 e. The Hall–Kier alpha value is -1.16. The summed E-state index contributed by atoms with van der Waals surface area (Å²) in [5.74, 6) is -0.312. The fourth-order valence-electron chi connectivity index (χ4n) is 2.05. The third-order valence-corrected chi connectivity index (χ3v) is 3.24. The van der Waals surface area contributed by atoms with Crippen LogP contribution in [0.15, 0.2) is 18.2 Å². The SMILES string of the molecule is COc1ccc(CC(F)C(CN)C(C)C)cc1F. The molecule has 2 atom stereocenters. The van der Waals surface area contributed by atoms with E-state index in [0.717, 1.165) is 0 Å². The molecule has 1 aromatic rings. The monoisotopic (exact) mass is 257 g/mol. The lowest BCUT2D eigenvalue weighted by Gasteiger charge is -2.23. The molecular formula is C14H21F2NO. The number of hydrogen-bond donors (Lipinski definition) is 1. The van der Waals surface area contributed by atoms with Crippen LogP contribution in [0.1, 0.15) is 19.4 Å².